The fourth-order valence-corrected chi connectivity index (χ4v) is 3.14. The number of benzene rings is 1. The molecule has 0 aliphatic carbocycles. The van der Waals surface area contributed by atoms with E-state index in [4.69, 9.17) is 11.6 Å². The van der Waals surface area contributed by atoms with Gasteiger partial charge in [0.15, 0.2) is 0 Å². The third-order valence-corrected chi connectivity index (χ3v) is 4.27. The zero-order valence-electron chi connectivity index (χ0n) is 8.84. The summed E-state index contributed by atoms with van der Waals surface area (Å²) >= 11 is 11.0. The Balaban J connectivity index is 1.94. The second-order valence-corrected chi connectivity index (χ2v) is 6.46. The predicted molar refractivity (Wildman–Crippen MR) is 74.0 cm³/mol. The molecular weight excluding hydrogens is 325 g/mol. The van der Waals surface area contributed by atoms with E-state index >= 15 is 0 Å². The van der Waals surface area contributed by atoms with Crippen molar-refractivity contribution in [1.29, 1.82) is 0 Å². The summed E-state index contributed by atoms with van der Waals surface area (Å²) in [4.78, 5) is 1.20. The number of nitrogens with one attached hydrogen (secondary N) is 1. The summed E-state index contributed by atoms with van der Waals surface area (Å²) in [5.74, 6) is -0.266. The first-order valence-electron chi connectivity index (χ1n) is 5.04. The van der Waals surface area contributed by atoms with Gasteiger partial charge in [-0.2, -0.15) is 0 Å². The van der Waals surface area contributed by atoms with Crippen LogP contribution in [0.15, 0.2) is 34.1 Å². The monoisotopic (exact) mass is 333 g/mol. The second-order valence-electron chi connectivity index (χ2n) is 3.51. The van der Waals surface area contributed by atoms with Crippen molar-refractivity contribution >= 4 is 38.9 Å². The van der Waals surface area contributed by atoms with Gasteiger partial charge in [0.1, 0.15) is 5.82 Å². The number of hydrogen-bond acceptors (Lipinski definition) is 2. The number of halogens is 3. The Morgan fingerprint density at radius 3 is 2.71 bits per heavy atom. The van der Waals surface area contributed by atoms with Gasteiger partial charge in [0.05, 0.1) is 3.79 Å². The molecule has 0 saturated carbocycles. The zero-order valence-corrected chi connectivity index (χ0v) is 12.0. The molecule has 1 nitrogen and oxygen atoms in total. The minimum absolute atomic E-state index is 0.266. The maximum Gasteiger partial charge on any atom is 0.129 e. The van der Waals surface area contributed by atoms with Gasteiger partial charge in [0, 0.05) is 28.6 Å². The quantitative estimate of drug-likeness (QED) is 0.862. The molecule has 0 aliphatic rings. The highest BCUT2D eigenvalue weighted by Gasteiger charge is 2.06. The molecule has 0 spiro atoms. The van der Waals surface area contributed by atoms with Gasteiger partial charge in [-0.1, -0.05) is 17.7 Å². The standard InChI is InChI=1S/C12H10BrClFNS/c13-12-5-4-8(17-12)6-16-7-9-10(14)2-1-3-11(9)15/h1-5,16H,6-7H2. The van der Waals surface area contributed by atoms with Crippen LogP contribution in [0, 0.1) is 5.82 Å². The summed E-state index contributed by atoms with van der Waals surface area (Å²) in [6.45, 7) is 1.14. The lowest BCUT2D eigenvalue weighted by Crippen LogP contribution is -2.13. The Labute approximate surface area is 117 Å². The van der Waals surface area contributed by atoms with E-state index in [0.29, 0.717) is 23.7 Å². The highest BCUT2D eigenvalue weighted by atomic mass is 79.9. The van der Waals surface area contributed by atoms with Crippen LogP contribution in [-0.4, -0.2) is 0 Å². The molecule has 5 heteroatoms. The van der Waals surface area contributed by atoms with Crippen molar-refractivity contribution in [1.82, 2.24) is 5.32 Å². The maximum absolute atomic E-state index is 13.5. The minimum Gasteiger partial charge on any atom is -0.308 e. The van der Waals surface area contributed by atoms with Crippen LogP contribution in [0.5, 0.6) is 0 Å². The van der Waals surface area contributed by atoms with Gasteiger partial charge in [-0.15, -0.1) is 11.3 Å². The summed E-state index contributed by atoms with van der Waals surface area (Å²) in [6.07, 6.45) is 0. The molecule has 0 atom stereocenters. The molecule has 1 heterocycles. The first-order valence-corrected chi connectivity index (χ1v) is 7.03. The van der Waals surface area contributed by atoms with E-state index in [1.54, 1.807) is 23.5 Å². The van der Waals surface area contributed by atoms with Crippen molar-refractivity contribution in [2.75, 3.05) is 0 Å². The summed E-state index contributed by atoms with van der Waals surface area (Å²) in [5.41, 5.74) is 0.518. The van der Waals surface area contributed by atoms with Crippen molar-refractivity contribution in [3.05, 3.63) is 55.4 Å². The lowest BCUT2D eigenvalue weighted by molar-refractivity contribution is 0.589. The van der Waals surface area contributed by atoms with E-state index in [-0.39, 0.29) is 5.82 Å². The highest BCUT2D eigenvalue weighted by molar-refractivity contribution is 9.11. The molecule has 0 amide bonds. The van der Waals surface area contributed by atoms with Gasteiger partial charge in [0.25, 0.3) is 0 Å². The Hall–Kier alpha value is -0.420. The van der Waals surface area contributed by atoms with Crippen molar-refractivity contribution in [2.24, 2.45) is 0 Å². The highest BCUT2D eigenvalue weighted by Crippen LogP contribution is 2.22. The van der Waals surface area contributed by atoms with Gasteiger partial charge in [-0.25, -0.2) is 4.39 Å². The molecule has 0 aliphatic heterocycles. The van der Waals surface area contributed by atoms with Crippen LogP contribution in [0.3, 0.4) is 0 Å². The van der Waals surface area contributed by atoms with E-state index in [9.17, 15) is 4.39 Å². The van der Waals surface area contributed by atoms with Crippen LogP contribution in [0.4, 0.5) is 4.39 Å². The van der Waals surface area contributed by atoms with Gasteiger partial charge in [-0.3, -0.25) is 0 Å². The Bertz CT molecular complexity index is 495. The van der Waals surface area contributed by atoms with E-state index in [2.05, 4.69) is 21.2 Å². The van der Waals surface area contributed by atoms with Crippen LogP contribution < -0.4 is 5.32 Å². The molecule has 2 rings (SSSR count). The van der Waals surface area contributed by atoms with Gasteiger partial charge in [0.2, 0.25) is 0 Å². The number of hydrogen-bond donors (Lipinski definition) is 1. The fraction of sp³-hybridized carbons (Fsp3) is 0.167. The van der Waals surface area contributed by atoms with Crippen molar-refractivity contribution in [3.8, 4) is 0 Å². The van der Waals surface area contributed by atoms with Gasteiger partial charge >= 0.3 is 0 Å². The van der Waals surface area contributed by atoms with Crippen LogP contribution in [0.1, 0.15) is 10.4 Å². The SMILES string of the molecule is Fc1cccc(Cl)c1CNCc1ccc(Br)s1. The molecule has 1 aromatic heterocycles. The minimum atomic E-state index is -0.266. The van der Waals surface area contributed by atoms with E-state index in [1.165, 1.54) is 10.9 Å². The topological polar surface area (TPSA) is 12.0 Å². The number of thiophene rings is 1. The van der Waals surface area contributed by atoms with Crippen LogP contribution in [0.25, 0.3) is 0 Å². The molecule has 1 N–H and O–H groups in total. The van der Waals surface area contributed by atoms with Gasteiger partial charge < -0.3 is 5.32 Å². The van der Waals surface area contributed by atoms with Crippen LogP contribution >= 0.6 is 38.9 Å². The zero-order chi connectivity index (χ0) is 12.3. The average molecular weight is 335 g/mol. The lowest BCUT2D eigenvalue weighted by atomic mass is 10.2. The molecule has 0 bridgehead atoms. The molecule has 0 unspecified atom stereocenters. The van der Waals surface area contributed by atoms with E-state index < -0.39 is 0 Å². The molecule has 0 saturated heterocycles. The number of rotatable bonds is 4. The summed E-state index contributed by atoms with van der Waals surface area (Å²) in [6, 6.07) is 8.76. The summed E-state index contributed by atoms with van der Waals surface area (Å²) in [7, 11) is 0. The third kappa shape index (κ3) is 3.52. The normalized spacial score (nSPS) is 10.8. The van der Waals surface area contributed by atoms with Crippen molar-refractivity contribution < 1.29 is 4.39 Å². The van der Waals surface area contributed by atoms with Crippen molar-refractivity contribution in [2.45, 2.75) is 13.1 Å². The van der Waals surface area contributed by atoms with Crippen LogP contribution in [0.2, 0.25) is 5.02 Å². The summed E-state index contributed by atoms with van der Waals surface area (Å²) < 4.78 is 14.5. The predicted octanol–water partition coefficient (Wildman–Crippen LogP) is 4.59. The van der Waals surface area contributed by atoms with Gasteiger partial charge in [-0.05, 0) is 40.2 Å². The molecule has 0 fully saturated rings. The Morgan fingerprint density at radius 2 is 2.06 bits per heavy atom. The molecule has 90 valence electrons. The van der Waals surface area contributed by atoms with E-state index in [1.807, 2.05) is 12.1 Å². The second kappa shape index (κ2) is 5.96. The van der Waals surface area contributed by atoms with Crippen LogP contribution in [-0.2, 0) is 13.1 Å². The largest absolute Gasteiger partial charge is 0.308 e. The van der Waals surface area contributed by atoms with Crippen molar-refractivity contribution in [3.63, 3.8) is 0 Å². The molecule has 17 heavy (non-hydrogen) atoms. The maximum atomic E-state index is 13.5. The molecule has 2 aromatic rings. The Morgan fingerprint density at radius 1 is 1.24 bits per heavy atom. The lowest BCUT2D eigenvalue weighted by Gasteiger charge is -2.06. The first-order chi connectivity index (χ1) is 8.16. The molecule has 0 radical (unpaired) electrons. The summed E-state index contributed by atoms with van der Waals surface area (Å²) in [5, 5.41) is 3.64. The molecular formula is C12H10BrClFNS. The first kappa shape index (κ1) is 13.0. The molecule has 1 aromatic carbocycles. The fourth-order valence-electron chi connectivity index (χ4n) is 1.46. The van der Waals surface area contributed by atoms with E-state index in [0.717, 1.165) is 3.79 Å². The average Bonchev–Trinajstić information content (AvgIpc) is 2.69. The Kier molecular flexibility index (Phi) is 4.56. The third-order valence-electron chi connectivity index (χ3n) is 2.29. The smallest absolute Gasteiger partial charge is 0.129 e.